The van der Waals surface area contributed by atoms with Gasteiger partial charge in [0.2, 0.25) is 5.89 Å². The number of amides is 5. The summed E-state index contributed by atoms with van der Waals surface area (Å²) in [7, 11) is 0. The third kappa shape index (κ3) is 10.7. The number of nitriles is 2. The molecule has 354 valence electrons. The number of nitrogens with zero attached hydrogens (tertiary/aromatic N) is 8. The van der Waals surface area contributed by atoms with Crippen LogP contribution in [0.25, 0.3) is 22.7 Å². The van der Waals surface area contributed by atoms with E-state index in [4.69, 9.17) is 9.68 Å². The van der Waals surface area contributed by atoms with Gasteiger partial charge in [-0.3, -0.25) is 29.8 Å². The Hall–Kier alpha value is -9.22. The monoisotopic (exact) mass is 944 g/mol. The normalized spacial score (nSPS) is 13.9. The van der Waals surface area contributed by atoms with Crippen LogP contribution in [0.1, 0.15) is 102 Å². The van der Waals surface area contributed by atoms with Gasteiger partial charge in [-0.05, 0) is 146 Å². The van der Waals surface area contributed by atoms with Gasteiger partial charge in [0.05, 0.1) is 29.0 Å². The van der Waals surface area contributed by atoms with Gasteiger partial charge in [0.15, 0.2) is 0 Å². The first-order valence-electron chi connectivity index (χ1n) is 23.2. The van der Waals surface area contributed by atoms with Crippen molar-refractivity contribution in [3.63, 3.8) is 0 Å². The van der Waals surface area contributed by atoms with Crippen molar-refractivity contribution < 1.29 is 23.6 Å². The maximum Gasteiger partial charge on any atom is 0.337 e. The van der Waals surface area contributed by atoms with E-state index in [1.165, 1.54) is 30.1 Å². The number of urea groups is 1. The van der Waals surface area contributed by atoms with E-state index >= 15 is 0 Å². The van der Waals surface area contributed by atoms with Gasteiger partial charge in [0, 0.05) is 84.0 Å². The summed E-state index contributed by atoms with van der Waals surface area (Å²) >= 11 is 0. The second-order valence-electron chi connectivity index (χ2n) is 17.6. The zero-order valence-electron chi connectivity index (χ0n) is 39.0. The molecule has 5 amide bonds. The van der Waals surface area contributed by atoms with Gasteiger partial charge in [0.1, 0.15) is 0 Å². The first-order chi connectivity index (χ1) is 34.5. The molecule has 0 saturated carbocycles. The quantitative estimate of drug-likeness (QED) is 0.0942. The van der Waals surface area contributed by atoms with Gasteiger partial charge < -0.3 is 24.9 Å². The third-order valence-electron chi connectivity index (χ3n) is 13.1. The molecular formula is C54H48N12O5. The van der Waals surface area contributed by atoms with E-state index in [0.29, 0.717) is 101 Å². The SMILES string of the molecule is Cc1ccc(C(=O)N2CCC(c3ccc(C#N)c(-c4cc(-c5nnc(Nc6cc(C(=O)N7CCC(c8ccc(C#N)cc8)CC7)ccc6C)o5)ccn4)c3)CC2)cc1NC(=O)NNC(=O)c1ccncc1. The lowest BCUT2D eigenvalue weighted by atomic mass is 9.87. The Morgan fingerprint density at radius 2 is 1.25 bits per heavy atom. The number of rotatable bonds is 10. The molecule has 4 aromatic carbocycles. The smallest absolute Gasteiger partial charge is 0.337 e. The molecule has 0 atom stereocenters. The lowest BCUT2D eigenvalue weighted by molar-refractivity contribution is 0.0705. The highest BCUT2D eigenvalue weighted by molar-refractivity contribution is 5.99. The van der Waals surface area contributed by atoms with Crippen molar-refractivity contribution in [2.75, 3.05) is 36.8 Å². The lowest BCUT2D eigenvalue weighted by Crippen LogP contribution is -2.44. The Labute approximate surface area is 409 Å². The molecule has 2 aliphatic heterocycles. The summed E-state index contributed by atoms with van der Waals surface area (Å²) in [6.45, 7) is 5.99. The van der Waals surface area contributed by atoms with Gasteiger partial charge >= 0.3 is 12.0 Å². The summed E-state index contributed by atoms with van der Waals surface area (Å²) in [5.74, 6) is -0.0363. The standard InChI is InChI=1S/C54H48N12O5/c1-33-3-7-42(29-46(33)59-53(70)63-61-49(67)39-13-20-57-21-14-39)51(68)66-25-18-38(19-26-66)40-11-12-44(32-56)45(27-40)48-28-41(15-22-58-48)50-62-64-54(71-50)60-47-30-43(8-4-34(47)2)52(69)65-23-16-37(17-24-65)36-9-5-35(31-55)6-10-36/h3-15,20-22,27-30,37-38H,16-19,23-26H2,1-2H3,(H,60,64)(H,61,67)(H2,59,63,70). The fourth-order valence-corrected chi connectivity index (χ4v) is 8.99. The molecule has 0 aliphatic carbocycles. The highest BCUT2D eigenvalue weighted by Crippen LogP contribution is 2.35. The number of anilines is 3. The number of hydrazine groups is 1. The van der Waals surface area contributed by atoms with Crippen LogP contribution < -0.4 is 21.5 Å². The van der Waals surface area contributed by atoms with Crippen LogP contribution in [0.3, 0.4) is 0 Å². The van der Waals surface area contributed by atoms with Crippen LogP contribution in [0.15, 0.2) is 126 Å². The number of carbonyl (C=O) groups is 4. The first-order valence-corrected chi connectivity index (χ1v) is 23.2. The van der Waals surface area contributed by atoms with Crippen molar-refractivity contribution in [1.29, 1.82) is 10.5 Å². The van der Waals surface area contributed by atoms with Crippen LogP contribution in [0.5, 0.6) is 0 Å². The predicted octanol–water partition coefficient (Wildman–Crippen LogP) is 8.80. The second-order valence-corrected chi connectivity index (χ2v) is 17.6. The van der Waals surface area contributed by atoms with Gasteiger partial charge in [-0.15, -0.1) is 5.10 Å². The number of carbonyl (C=O) groups excluding carboxylic acids is 4. The molecule has 9 rings (SSSR count). The van der Waals surface area contributed by atoms with Crippen LogP contribution in [0, 0.1) is 36.5 Å². The van der Waals surface area contributed by atoms with Crippen LogP contribution in [-0.4, -0.2) is 79.9 Å². The molecule has 0 unspecified atom stereocenters. The van der Waals surface area contributed by atoms with E-state index in [9.17, 15) is 24.4 Å². The van der Waals surface area contributed by atoms with E-state index in [1.807, 2.05) is 67.3 Å². The van der Waals surface area contributed by atoms with Gasteiger partial charge in [-0.1, -0.05) is 35.4 Å². The van der Waals surface area contributed by atoms with Crippen molar-refractivity contribution in [2.45, 2.75) is 51.4 Å². The molecule has 4 N–H and O–H groups in total. The number of benzene rings is 4. The molecule has 0 radical (unpaired) electrons. The topological polar surface area (TPSA) is 235 Å². The molecule has 71 heavy (non-hydrogen) atoms. The third-order valence-corrected chi connectivity index (χ3v) is 13.1. The van der Waals surface area contributed by atoms with E-state index in [-0.39, 0.29) is 29.6 Å². The molecule has 2 fully saturated rings. The second kappa shape index (κ2) is 21.0. The molecule has 17 heteroatoms. The van der Waals surface area contributed by atoms with Gasteiger partial charge in [-0.25, -0.2) is 10.2 Å². The number of aromatic nitrogens is 4. The summed E-state index contributed by atoms with van der Waals surface area (Å²) in [5, 5.41) is 33.8. The average Bonchev–Trinajstić information content (AvgIpc) is 3.90. The molecule has 7 aromatic rings. The first kappa shape index (κ1) is 46.9. The van der Waals surface area contributed by atoms with Crippen molar-refractivity contribution in [3.05, 3.63) is 172 Å². The Morgan fingerprint density at radius 1 is 0.634 bits per heavy atom. The fourth-order valence-electron chi connectivity index (χ4n) is 8.99. The molecule has 3 aromatic heterocycles. The Bertz CT molecular complexity index is 3220. The number of aryl methyl sites for hydroxylation is 2. The lowest BCUT2D eigenvalue weighted by Gasteiger charge is -2.32. The molecular weight excluding hydrogens is 897 g/mol. The molecule has 2 aliphatic rings. The van der Waals surface area contributed by atoms with Crippen molar-refractivity contribution in [3.8, 4) is 34.8 Å². The summed E-state index contributed by atoms with van der Waals surface area (Å²) in [6.07, 6.45) is 7.64. The van der Waals surface area contributed by atoms with E-state index in [2.05, 4.69) is 53.8 Å². The largest absolute Gasteiger partial charge is 0.403 e. The molecule has 0 bridgehead atoms. The van der Waals surface area contributed by atoms with Crippen LogP contribution in [-0.2, 0) is 0 Å². The van der Waals surface area contributed by atoms with Crippen LogP contribution in [0.4, 0.5) is 22.2 Å². The zero-order chi connectivity index (χ0) is 49.4. The zero-order valence-corrected chi connectivity index (χ0v) is 39.0. The summed E-state index contributed by atoms with van der Waals surface area (Å²) in [4.78, 5) is 64.6. The maximum absolute atomic E-state index is 13.7. The Morgan fingerprint density at radius 3 is 1.90 bits per heavy atom. The highest BCUT2D eigenvalue weighted by Gasteiger charge is 2.28. The number of hydrogen-bond acceptors (Lipinski definition) is 12. The highest BCUT2D eigenvalue weighted by atomic mass is 16.4. The summed E-state index contributed by atoms with van der Waals surface area (Å²) in [6, 6.07) is 34.6. The van der Waals surface area contributed by atoms with Crippen molar-refractivity contribution in [2.24, 2.45) is 0 Å². The minimum atomic E-state index is -0.671. The Balaban J connectivity index is 0.814. The molecule has 5 heterocycles. The van der Waals surface area contributed by atoms with E-state index in [1.54, 1.807) is 53.6 Å². The summed E-state index contributed by atoms with van der Waals surface area (Å²) in [5.41, 5.74) is 13.8. The number of hydrogen-bond donors (Lipinski definition) is 4. The molecule has 17 nitrogen and oxygen atoms in total. The van der Waals surface area contributed by atoms with Crippen molar-refractivity contribution in [1.82, 2.24) is 40.8 Å². The number of piperidine rings is 2. The minimum Gasteiger partial charge on any atom is -0.403 e. The van der Waals surface area contributed by atoms with Gasteiger partial charge in [0.25, 0.3) is 17.7 Å². The van der Waals surface area contributed by atoms with E-state index in [0.717, 1.165) is 29.5 Å². The van der Waals surface area contributed by atoms with Crippen molar-refractivity contribution >= 4 is 41.1 Å². The molecule has 0 spiro atoms. The minimum absolute atomic E-state index is 0.0529. The van der Waals surface area contributed by atoms with E-state index < -0.39 is 11.9 Å². The number of pyridine rings is 2. The average molecular weight is 945 g/mol. The van der Waals surface area contributed by atoms with Gasteiger partial charge in [-0.2, -0.15) is 10.5 Å². The fraction of sp³-hybridized carbons (Fsp3) is 0.222. The maximum atomic E-state index is 13.7. The number of likely N-dealkylation sites (tertiary alicyclic amines) is 2. The predicted molar refractivity (Wildman–Crippen MR) is 264 cm³/mol. The van der Waals surface area contributed by atoms with Crippen LogP contribution in [0.2, 0.25) is 0 Å². The molecule has 2 saturated heterocycles. The Kier molecular flexibility index (Phi) is 13.8. The summed E-state index contributed by atoms with van der Waals surface area (Å²) < 4.78 is 6.09. The number of nitrogens with one attached hydrogen (secondary N) is 4. The van der Waals surface area contributed by atoms with Crippen LogP contribution >= 0.6 is 0 Å².